The van der Waals surface area contributed by atoms with Gasteiger partial charge >= 0.3 is 0 Å². The van der Waals surface area contributed by atoms with E-state index in [1.54, 1.807) is 11.3 Å². The first-order valence-electron chi connectivity index (χ1n) is 6.00. The van der Waals surface area contributed by atoms with Gasteiger partial charge in [0.25, 0.3) is 0 Å². The molecule has 2 aromatic rings. The van der Waals surface area contributed by atoms with Gasteiger partial charge < -0.3 is 10.1 Å². The number of nitrogens with one attached hydrogen (secondary N) is 1. The first kappa shape index (κ1) is 13.6. The molecule has 2 nitrogen and oxygen atoms in total. The van der Waals surface area contributed by atoms with Crippen molar-refractivity contribution in [3.05, 3.63) is 54.6 Å². The van der Waals surface area contributed by atoms with E-state index >= 15 is 0 Å². The number of thiophene rings is 1. The Morgan fingerprint density at radius 2 is 2.11 bits per heavy atom. The van der Waals surface area contributed by atoms with Gasteiger partial charge in [-0.15, -0.1) is 11.3 Å². The Balaban J connectivity index is 1.98. The molecular weight excluding hydrogens is 346 g/mol. The third kappa shape index (κ3) is 2.60. The van der Waals surface area contributed by atoms with Gasteiger partial charge in [0.1, 0.15) is 0 Å². The quantitative estimate of drug-likeness (QED) is 0.872. The average molecular weight is 359 g/mol. The topological polar surface area (TPSA) is 21.3 Å². The van der Waals surface area contributed by atoms with E-state index in [-0.39, 0.29) is 6.04 Å². The normalized spacial score (nSPS) is 15.5. The van der Waals surface area contributed by atoms with Gasteiger partial charge in [0, 0.05) is 4.88 Å². The fraction of sp³-hybridized carbons (Fsp3) is 0.286. The molecule has 19 heavy (non-hydrogen) atoms. The molecule has 0 aliphatic carbocycles. The van der Waals surface area contributed by atoms with Gasteiger partial charge in [-0.1, -0.05) is 29.8 Å². The SMILES string of the molecule is CNC(c1ccc2c(c1)COC2)c1cc(Cl)c(Br)s1. The summed E-state index contributed by atoms with van der Waals surface area (Å²) in [6.07, 6.45) is 0. The number of hydrogen-bond acceptors (Lipinski definition) is 3. The highest BCUT2D eigenvalue weighted by atomic mass is 79.9. The molecule has 0 fully saturated rings. The van der Waals surface area contributed by atoms with Crippen LogP contribution in [0.2, 0.25) is 5.02 Å². The van der Waals surface area contributed by atoms with E-state index < -0.39 is 0 Å². The first-order valence-corrected chi connectivity index (χ1v) is 7.99. The molecule has 3 rings (SSSR count). The number of benzene rings is 1. The van der Waals surface area contributed by atoms with Crippen molar-refractivity contribution < 1.29 is 4.74 Å². The Morgan fingerprint density at radius 3 is 2.79 bits per heavy atom. The zero-order chi connectivity index (χ0) is 13.4. The zero-order valence-corrected chi connectivity index (χ0v) is 13.5. The van der Waals surface area contributed by atoms with Crippen LogP contribution in [-0.4, -0.2) is 7.05 Å². The lowest BCUT2D eigenvalue weighted by atomic mass is 10.0. The largest absolute Gasteiger partial charge is 0.372 e. The summed E-state index contributed by atoms with van der Waals surface area (Å²) in [5.74, 6) is 0. The monoisotopic (exact) mass is 357 g/mol. The molecule has 1 atom stereocenters. The summed E-state index contributed by atoms with van der Waals surface area (Å²) in [4.78, 5) is 1.21. The Labute approximate surface area is 129 Å². The molecule has 0 saturated heterocycles. The molecule has 1 aromatic carbocycles. The third-order valence-corrected chi connectivity index (χ3v) is 5.86. The number of halogens is 2. The van der Waals surface area contributed by atoms with Crippen molar-refractivity contribution in [2.45, 2.75) is 19.3 Å². The summed E-state index contributed by atoms with van der Waals surface area (Å²) in [6, 6.07) is 8.73. The van der Waals surface area contributed by atoms with Gasteiger partial charge in [0.15, 0.2) is 0 Å². The molecule has 0 saturated carbocycles. The minimum Gasteiger partial charge on any atom is -0.372 e. The van der Waals surface area contributed by atoms with Crippen LogP contribution in [0.4, 0.5) is 0 Å². The first-order chi connectivity index (χ1) is 9.19. The van der Waals surface area contributed by atoms with E-state index in [0.717, 1.165) is 15.4 Å². The summed E-state index contributed by atoms with van der Waals surface area (Å²) < 4.78 is 6.45. The van der Waals surface area contributed by atoms with Crippen molar-refractivity contribution in [2.75, 3.05) is 7.05 Å². The summed E-state index contributed by atoms with van der Waals surface area (Å²) in [5, 5.41) is 4.12. The van der Waals surface area contributed by atoms with E-state index in [4.69, 9.17) is 16.3 Å². The van der Waals surface area contributed by atoms with E-state index in [1.165, 1.54) is 21.6 Å². The van der Waals surface area contributed by atoms with Crippen molar-refractivity contribution in [3.8, 4) is 0 Å². The maximum atomic E-state index is 6.13. The molecule has 2 heterocycles. The summed E-state index contributed by atoms with van der Waals surface area (Å²) in [5.41, 5.74) is 3.83. The van der Waals surface area contributed by atoms with E-state index in [1.807, 2.05) is 13.1 Å². The smallest absolute Gasteiger partial charge is 0.0888 e. The standard InChI is InChI=1S/C14H13BrClNOS/c1-17-13(12-5-11(16)14(15)19-12)8-2-3-9-6-18-7-10(9)4-8/h2-5,13,17H,6-7H2,1H3. The second kappa shape index (κ2) is 5.54. The van der Waals surface area contributed by atoms with E-state index in [2.05, 4.69) is 39.4 Å². The average Bonchev–Trinajstić information content (AvgIpc) is 2.98. The molecular formula is C14H13BrClNOS. The zero-order valence-electron chi connectivity index (χ0n) is 10.4. The maximum Gasteiger partial charge on any atom is 0.0888 e. The van der Waals surface area contributed by atoms with Crippen LogP contribution < -0.4 is 5.32 Å². The van der Waals surface area contributed by atoms with Gasteiger partial charge in [0.05, 0.1) is 28.1 Å². The molecule has 5 heteroatoms. The molecule has 1 N–H and O–H groups in total. The van der Waals surface area contributed by atoms with Crippen LogP contribution in [0.3, 0.4) is 0 Å². The lowest BCUT2D eigenvalue weighted by Crippen LogP contribution is -2.16. The number of fused-ring (bicyclic) bond motifs is 1. The molecule has 0 spiro atoms. The van der Waals surface area contributed by atoms with Crippen LogP contribution in [0.1, 0.15) is 27.6 Å². The summed E-state index contributed by atoms with van der Waals surface area (Å²) >= 11 is 11.3. The fourth-order valence-corrected chi connectivity index (χ4v) is 4.24. The van der Waals surface area contributed by atoms with Crippen molar-refractivity contribution >= 4 is 38.9 Å². The minimum atomic E-state index is 0.166. The summed E-state index contributed by atoms with van der Waals surface area (Å²) in [6.45, 7) is 1.45. The highest BCUT2D eigenvalue weighted by Gasteiger charge is 2.19. The van der Waals surface area contributed by atoms with Crippen LogP contribution in [0.25, 0.3) is 0 Å². The molecule has 100 valence electrons. The van der Waals surface area contributed by atoms with Crippen LogP contribution in [0, 0.1) is 0 Å². The molecule has 0 amide bonds. The lowest BCUT2D eigenvalue weighted by molar-refractivity contribution is 0.134. The van der Waals surface area contributed by atoms with Gasteiger partial charge in [-0.3, -0.25) is 0 Å². The Kier molecular flexibility index (Phi) is 3.96. The van der Waals surface area contributed by atoms with Crippen molar-refractivity contribution in [1.82, 2.24) is 5.32 Å². The Hall–Kier alpha value is -0.390. The number of ether oxygens (including phenoxy) is 1. The van der Waals surface area contributed by atoms with Gasteiger partial charge in [-0.2, -0.15) is 0 Å². The fourth-order valence-electron chi connectivity index (χ4n) is 2.35. The summed E-state index contributed by atoms with van der Waals surface area (Å²) in [7, 11) is 1.97. The predicted octanol–water partition coefficient (Wildman–Crippen LogP) is 4.50. The highest BCUT2D eigenvalue weighted by molar-refractivity contribution is 9.11. The van der Waals surface area contributed by atoms with E-state index in [0.29, 0.717) is 6.61 Å². The van der Waals surface area contributed by atoms with Crippen LogP contribution in [0.5, 0.6) is 0 Å². The molecule has 1 aliphatic heterocycles. The molecule has 1 aromatic heterocycles. The van der Waals surface area contributed by atoms with Gasteiger partial charge in [-0.25, -0.2) is 0 Å². The Morgan fingerprint density at radius 1 is 1.32 bits per heavy atom. The Bertz CT molecular complexity index is 594. The lowest BCUT2D eigenvalue weighted by Gasteiger charge is -2.16. The van der Waals surface area contributed by atoms with E-state index in [9.17, 15) is 0 Å². The second-order valence-corrected chi connectivity index (χ2v) is 7.32. The molecule has 1 unspecified atom stereocenters. The molecule has 1 aliphatic rings. The molecule has 0 radical (unpaired) electrons. The number of hydrogen-bond donors (Lipinski definition) is 1. The van der Waals surface area contributed by atoms with Crippen LogP contribution >= 0.6 is 38.9 Å². The van der Waals surface area contributed by atoms with Gasteiger partial charge in [-0.05, 0) is 45.7 Å². The van der Waals surface area contributed by atoms with Crippen LogP contribution in [0.15, 0.2) is 28.1 Å². The maximum absolute atomic E-state index is 6.13. The van der Waals surface area contributed by atoms with Crippen LogP contribution in [-0.2, 0) is 18.0 Å². The minimum absolute atomic E-state index is 0.166. The third-order valence-electron chi connectivity index (χ3n) is 3.32. The molecule has 0 bridgehead atoms. The second-order valence-electron chi connectivity index (χ2n) is 4.51. The number of rotatable bonds is 3. The van der Waals surface area contributed by atoms with Crippen molar-refractivity contribution in [2.24, 2.45) is 0 Å². The van der Waals surface area contributed by atoms with Crippen molar-refractivity contribution in [3.63, 3.8) is 0 Å². The highest BCUT2D eigenvalue weighted by Crippen LogP contribution is 2.38. The van der Waals surface area contributed by atoms with Gasteiger partial charge in [0.2, 0.25) is 0 Å². The van der Waals surface area contributed by atoms with Crippen molar-refractivity contribution in [1.29, 1.82) is 0 Å². The predicted molar refractivity (Wildman–Crippen MR) is 82.9 cm³/mol.